The number of Topliss-reactive ketones (excluding diaryl/α,β-unsaturated/α-hetero) is 1. The molecule has 2 rings (SSSR count). The average molecular weight is 262 g/mol. The Bertz CT molecular complexity index is 540. The number of carbonyl (C=O) groups is 2. The Hall–Kier alpha value is -1.67. The third kappa shape index (κ3) is 2.59. The Morgan fingerprint density at radius 2 is 2.11 bits per heavy atom. The minimum atomic E-state index is -0.336. The number of anilines is 1. The van der Waals surface area contributed by atoms with Crippen LogP contribution in [-0.2, 0) is 22.4 Å². The van der Waals surface area contributed by atoms with Gasteiger partial charge in [-0.1, -0.05) is 0 Å². The summed E-state index contributed by atoms with van der Waals surface area (Å²) >= 11 is 1.48. The predicted molar refractivity (Wildman–Crippen MR) is 69.6 cm³/mol. The van der Waals surface area contributed by atoms with E-state index in [0.29, 0.717) is 10.6 Å². The van der Waals surface area contributed by atoms with Gasteiger partial charge in [0.15, 0.2) is 0 Å². The zero-order valence-electron chi connectivity index (χ0n) is 10.2. The van der Waals surface area contributed by atoms with Gasteiger partial charge in [0.25, 0.3) is 0 Å². The molecule has 1 aromatic rings. The summed E-state index contributed by atoms with van der Waals surface area (Å²) in [5.41, 5.74) is 1.68. The fraction of sp³-hybridized carbons (Fsp3) is 0.462. The lowest BCUT2D eigenvalue weighted by Crippen LogP contribution is -2.14. The molecule has 4 nitrogen and oxygen atoms in total. The fourth-order valence-electron chi connectivity index (χ4n) is 2.17. The predicted octanol–water partition coefficient (Wildman–Crippen LogP) is 2.42. The van der Waals surface area contributed by atoms with E-state index in [4.69, 9.17) is 0 Å². The van der Waals surface area contributed by atoms with Crippen LogP contribution in [0.3, 0.4) is 0 Å². The second kappa shape index (κ2) is 5.32. The highest BCUT2D eigenvalue weighted by molar-refractivity contribution is 7.16. The molecule has 1 N–H and O–H groups in total. The van der Waals surface area contributed by atoms with Crippen LogP contribution >= 0.6 is 11.3 Å². The van der Waals surface area contributed by atoms with Gasteiger partial charge in [0, 0.05) is 4.88 Å². The van der Waals surface area contributed by atoms with Gasteiger partial charge >= 0.3 is 0 Å². The smallest absolute Gasteiger partial charge is 0.232 e. The van der Waals surface area contributed by atoms with E-state index in [1.54, 1.807) is 0 Å². The van der Waals surface area contributed by atoms with Crippen molar-refractivity contribution in [2.24, 2.45) is 0 Å². The first kappa shape index (κ1) is 12.8. The van der Waals surface area contributed by atoms with E-state index in [9.17, 15) is 14.9 Å². The van der Waals surface area contributed by atoms with Gasteiger partial charge in [0.05, 0.1) is 12.0 Å². The first-order chi connectivity index (χ1) is 8.61. The lowest BCUT2D eigenvalue weighted by atomic mass is 9.96. The second-order valence-electron chi connectivity index (χ2n) is 4.45. The first-order valence-corrected chi connectivity index (χ1v) is 6.77. The van der Waals surface area contributed by atoms with Crippen molar-refractivity contribution in [2.75, 3.05) is 5.32 Å². The maximum absolute atomic E-state index is 11.6. The van der Waals surface area contributed by atoms with Gasteiger partial charge in [0.1, 0.15) is 16.9 Å². The number of aryl methyl sites for hydroxylation is 1. The molecule has 0 bridgehead atoms. The number of amides is 1. The van der Waals surface area contributed by atoms with Crippen molar-refractivity contribution in [3.05, 3.63) is 16.0 Å². The summed E-state index contributed by atoms with van der Waals surface area (Å²) in [5, 5.41) is 12.5. The molecule has 0 atom stereocenters. The average Bonchev–Trinajstić information content (AvgIpc) is 2.64. The lowest BCUT2D eigenvalue weighted by molar-refractivity contribution is -0.124. The molecule has 0 aromatic carbocycles. The number of nitrogens with one attached hydrogen (secondary N) is 1. The quantitative estimate of drug-likeness (QED) is 0.850. The fourth-order valence-corrected chi connectivity index (χ4v) is 3.43. The monoisotopic (exact) mass is 262 g/mol. The van der Waals surface area contributed by atoms with Crippen LogP contribution in [0, 0.1) is 11.3 Å². The van der Waals surface area contributed by atoms with Crippen molar-refractivity contribution in [2.45, 2.75) is 39.0 Å². The van der Waals surface area contributed by atoms with E-state index in [-0.39, 0.29) is 18.1 Å². The molecular formula is C13H14N2O2S. The third-order valence-corrected chi connectivity index (χ3v) is 4.15. The molecular weight excluding hydrogens is 248 g/mol. The molecule has 0 saturated carbocycles. The van der Waals surface area contributed by atoms with Crippen molar-refractivity contribution in [1.82, 2.24) is 0 Å². The number of hydrogen-bond acceptors (Lipinski definition) is 4. The summed E-state index contributed by atoms with van der Waals surface area (Å²) in [5.74, 6) is -0.509. The molecule has 1 heterocycles. The number of nitrogens with zero attached hydrogens (tertiary/aromatic N) is 1. The van der Waals surface area contributed by atoms with Crippen LogP contribution in [0.4, 0.5) is 5.00 Å². The number of thiophene rings is 1. The molecule has 1 aliphatic rings. The summed E-state index contributed by atoms with van der Waals surface area (Å²) in [7, 11) is 0. The van der Waals surface area contributed by atoms with Crippen LogP contribution < -0.4 is 5.32 Å². The zero-order valence-corrected chi connectivity index (χ0v) is 11.0. The molecule has 0 saturated heterocycles. The number of ketones is 1. The van der Waals surface area contributed by atoms with Gasteiger partial charge in [-0.05, 0) is 38.2 Å². The highest BCUT2D eigenvalue weighted by Gasteiger charge is 2.21. The van der Waals surface area contributed by atoms with Crippen LogP contribution in [0.2, 0.25) is 0 Å². The van der Waals surface area contributed by atoms with Gasteiger partial charge in [-0.3, -0.25) is 9.59 Å². The summed E-state index contributed by atoms with van der Waals surface area (Å²) < 4.78 is 0. The van der Waals surface area contributed by atoms with Gasteiger partial charge in [-0.15, -0.1) is 11.3 Å². The molecule has 5 heteroatoms. The van der Waals surface area contributed by atoms with Crippen LogP contribution in [0.1, 0.15) is 42.2 Å². The van der Waals surface area contributed by atoms with Crippen LogP contribution in [0.25, 0.3) is 0 Å². The van der Waals surface area contributed by atoms with E-state index in [1.165, 1.54) is 23.1 Å². The molecule has 0 spiro atoms. The van der Waals surface area contributed by atoms with Gasteiger partial charge in [-0.25, -0.2) is 0 Å². The van der Waals surface area contributed by atoms with Crippen molar-refractivity contribution in [3.63, 3.8) is 0 Å². The lowest BCUT2D eigenvalue weighted by Gasteiger charge is -2.09. The minimum Gasteiger partial charge on any atom is -0.316 e. The number of carbonyl (C=O) groups excluding carboxylic acids is 2. The standard InChI is InChI=1S/C13H14N2O2S/c1-8(16)6-12(17)15-13-10(7-14)9-4-2-3-5-11(9)18-13/h2-6H2,1H3,(H,15,17). The zero-order chi connectivity index (χ0) is 13.1. The van der Waals surface area contributed by atoms with Gasteiger partial charge in [0.2, 0.25) is 5.91 Å². The largest absolute Gasteiger partial charge is 0.316 e. The molecule has 1 amide bonds. The van der Waals surface area contributed by atoms with E-state index in [1.807, 2.05) is 0 Å². The van der Waals surface area contributed by atoms with E-state index >= 15 is 0 Å². The van der Waals surface area contributed by atoms with Crippen molar-refractivity contribution in [1.29, 1.82) is 5.26 Å². The van der Waals surface area contributed by atoms with Crippen LogP contribution in [0.15, 0.2) is 0 Å². The molecule has 0 aliphatic heterocycles. The summed E-state index contributed by atoms with van der Waals surface area (Å²) in [6.45, 7) is 1.38. The number of fused-ring (bicyclic) bond motifs is 1. The normalized spacial score (nSPS) is 13.6. The topological polar surface area (TPSA) is 70.0 Å². The second-order valence-corrected chi connectivity index (χ2v) is 5.56. The molecule has 1 aliphatic carbocycles. The Morgan fingerprint density at radius 3 is 2.78 bits per heavy atom. The Morgan fingerprint density at radius 1 is 1.39 bits per heavy atom. The van der Waals surface area contributed by atoms with Crippen molar-refractivity contribution < 1.29 is 9.59 Å². The first-order valence-electron chi connectivity index (χ1n) is 5.95. The highest BCUT2D eigenvalue weighted by Crippen LogP contribution is 2.37. The molecule has 18 heavy (non-hydrogen) atoms. The Balaban J connectivity index is 2.23. The molecule has 1 aromatic heterocycles. The molecule has 0 radical (unpaired) electrons. The minimum absolute atomic E-state index is 0.132. The third-order valence-electron chi connectivity index (χ3n) is 2.95. The van der Waals surface area contributed by atoms with Gasteiger partial charge < -0.3 is 5.32 Å². The van der Waals surface area contributed by atoms with Crippen molar-refractivity contribution in [3.8, 4) is 6.07 Å². The van der Waals surface area contributed by atoms with E-state index < -0.39 is 0 Å². The van der Waals surface area contributed by atoms with E-state index in [0.717, 1.165) is 31.2 Å². The Kier molecular flexibility index (Phi) is 3.78. The maximum atomic E-state index is 11.6. The molecule has 94 valence electrons. The SMILES string of the molecule is CC(=O)CC(=O)Nc1sc2c(c1C#N)CCCC2. The number of rotatable bonds is 3. The van der Waals surface area contributed by atoms with Crippen molar-refractivity contribution >= 4 is 28.0 Å². The summed E-state index contributed by atoms with van der Waals surface area (Å²) in [6.07, 6.45) is 4.00. The molecule has 0 fully saturated rings. The van der Waals surface area contributed by atoms with Crippen LogP contribution in [-0.4, -0.2) is 11.7 Å². The number of nitriles is 1. The maximum Gasteiger partial charge on any atom is 0.232 e. The van der Waals surface area contributed by atoms with Gasteiger partial charge in [-0.2, -0.15) is 5.26 Å². The molecule has 0 unspecified atom stereocenters. The highest BCUT2D eigenvalue weighted by atomic mass is 32.1. The summed E-state index contributed by atoms with van der Waals surface area (Å²) in [4.78, 5) is 23.6. The Labute approximate surface area is 110 Å². The van der Waals surface area contributed by atoms with Crippen LogP contribution in [0.5, 0.6) is 0 Å². The number of hydrogen-bond donors (Lipinski definition) is 1. The van der Waals surface area contributed by atoms with E-state index in [2.05, 4.69) is 11.4 Å². The summed E-state index contributed by atoms with van der Waals surface area (Å²) in [6, 6.07) is 2.17.